The Bertz CT molecular complexity index is 1130. The summed E-state index contributed by atoms with van der Waals surface area (Å²) in [6, 6.07) is 1.40. The number of morpholine rings is 1. The fourth-order valence-corrected chi connectivity index (χ4v) is 5.92. The summed E-state index contributed by atoms with van der Waals surface area (Å²) in [6.07, 6.45) is 10.4. The Morgan fingerprint density at radius 3 is 2.51 bits per heavy atom. The highest BCUT2D eigenvalue weighted by Crippen LogP contribution is 2.32. The van der Waals surface area contributed by atoms with Gasteiger partial charge in [-0.2, -0.15) is 20.2 Å². The number of H-pyrrole nitrogens is 1. The first-order chi connectivity index (χ1) is 17.2. The van der Waals surface area contributed by atoms with E-state index in [9.17, 15) is 0 Å². The quantitative estimate of drug-likeness (QED) is 0.427. The molecule has 11 nitrogen and oxygen atoms in total. The van der Waals surface area contributed by atoms with E-state index in [4.69, 9.17) is 14.5 Å². The number of nitrogens with zero attached hydrogens (tertiary/aromatic N) is 6. The zero-order chi connectivity index (χ0) is 23.6. The number of aromatic amines is 1. The summed E-state index contributed by atoms with van der Waals surface area (Å²) < 4.78 is 13.7. The average Bonchev–Trinajstić information content (AvgIpc) is 3.52. The van der Waals surface area contributed by atoms with Crippen LogP contribution in [-0.2, 0) is 9.47 Å². The first-order valence-corrected chi connectivity index (χ1v) is 13.4. The summed E-state index contributed by atoms with van der Waals surface area (Å²) in [5.74, 6) is 1.31. The number of rotatable bonds is 6. The van der Waals surface area contributed by atoms with Gasteiger partial charge < -0.3 is 20.1 Å². The lowest BCUT2D eigenvalue weighted by Gasteiger charge is -2.39. The molecule has 3 N–H and O–H groups in total. The van der Waals surface area contributed by atoms with Crippen LogP contribution in [-0.4, -0.2) is 86.4 Å². The zero-order valence-corrected chi connectivity index (χ0v) is 21.3. The van der Waals surface area contributed by atoms with Crippen LogP contribution in [0.15, 0.2) is 17.0 Å². The summed E-state index contributed by atoms with van der Waals surface area (Å²) in [5, 5.41) is 19.8. The number of nitrogens with one attached hydrogen (secondary N) is 3. The minimum Gasteiger partial charge on any atom is -0.381 e. The first-order valence-electron chi connectivity index (χ1n) is 12.6. The Labute approximate surface area is 212 Å². The molecule has 0 bridgehead atoms. The van der Waals surface area contributed by atoms with Crippen molar-refractivity contribution < 1.29 is 9.47 Å². The maximum atomic E-state index is 5.52. The van der Waals surface area contributed by atoms with Crippen molar-refractivity contribution in [3.05, 3.63) is 17.0 Å². The molecule has 2 aliphatic heterocycles. The van der Waals surface area contributed by atoms with E-state index in [1.165, 1.54) is 12.8 Å². The molecule has 1 saturated carbocycles. The van der Waals surface area contributed by atoms with Gasteiger partial charge in [-0.1, -0.05) is 0 Å². The lowest BCUT2D eigenvalue weighted by atomic mass is 9.90. The number of halogens is 1. The average molecular weight is 546 g/mol. The molecule has 3 aromatic heterocycles. The molecule has 5 heterocycles. The lowest BCUT2D eigenvalue weighted by Crippen LogP contribution is -2.46. The van der Waals surface area contributed by atoms with Gasteiger partial charge in [0.25, 0.3) is 0 Å². The number of hydrogen-bond donors (Lipinski definition) is 3. The second kappa shape index (κ2) is 10.4. The Hall–Kier alpha value is -2.28. The highest BCUT2D eigenvalue weighted by atomic mass is 79.9. The monoisotopic (exact) mass is 545 g/mol. The van der Waals surface area contributed by atoms with Crippen molar-refractivity contribution in [2.24, 2.45) is 0 Å². The van der Waals surface area contributed by atoms with Crippen LogP contribution in [0.3, 0.4) is 0 Å². The van der Waals surface area contributed by atoms with Crippen molar-refractivity contribution in [3.63, 3.8) is 0 Å². The van der Waals surface area contributed by atoms with Gasteiger partial charge in [0, 0.05) is 44.6 Å². The Morgan fingerprint density at radius 2 is 1.71 bits per heavy atom. The SMILES string of the molecule is Brc1n[nH]c2nc(Nc3cnn(C4CCOCC4)c3)nc(NC3CCC(N4CCOCC4)CC3)c12. The molecule has 0 aromatic carbocycles. The van der Waals surface area contributed by atoms with Crippen LogP contribution in [0.5, 0.6) is 0 Å². The van der Waals surface area contributed by atoms with E-state index < -0.39 is 0 Å². The topological polar surface area (TPSA) is 118 Å². The van der Waals surface area contributed by atoms with Crippen molar-refractivity contribution in [1.29, 1.82) is 0 Å². The third-order valence-electron chi connectivity index (χ3n) is 7.40. The Kier molecular flexibility index (Phi) is 6.86. The van der Waals surface area contributed by atoms with E-state index in [0.717, 1.165) is 86.7 Å². The largest absolute Gasteiger partial charge is 0.381 e. The highest BCUT2D eigenvalue weighted by Gasteiger charge is 2.28. The third-order valence-corrected chi connectivity index (χ3v) is 7.97. The molecule has 0 radical (unpaired) electrons. The molecule has 0 amide bonds. The fraction of sp³-hybridized carbons (Fsp3) is 0.652. The van der Waals surface area contributed by atoms with Crippen molar-refractivity contribution in [2.75, 3.05) is 50.2 Å². The van der Waals surface area contributed by atoms with Crippen LogP contribution in [0.1, 0.15) is 44.6 Å². The summed E-state index contributed by atoms with van der Waals surface area (Å²) in [4.78, 5) is 12.1. The minimum absolute atomic E-state index is 0.371. The molecule has 3 aromatic rings. The molecule has 188 valence electrons. The molecule has 3 aliphatic rings. The molecule has 6 rings (SSSR count). The predicted molar refractivity (Wildman–Crippen MR) is 136 cm³/mol. The first kappa shape index (κ1) is 23.1. The summed E-state index contributed by atoms with van der Waals surface area (Å²) in [7, 11) is 0. The highest BCUT2D eigenvalue weighted by molar-refractivity contribution is 9.10. The van der Waals surface area contributed by atoms with E-state index in [1.807, 2.05) is 17.1 Å². The normalized spacial score (nSPS) is 24.6. The number of ether oxygens (including phenoxy) is 2. The molecular weight excluding hydrogens is 514 g/mol. The lowest BCUT2D eigenvalue weighted by molar-refractivity contribution is 0.00791. The number of fused-ring (bicyclic) bond motifs is 1. The summed E-state index contributed by atoms with van der Waals surface area (Å²) in [6.45, 7) is 5.38. The molecule has 0 unspecified atom stereocenters. The van der Waals surface area contributed by atoms with Gasteiger partial charge in [0.05, 0.1) is 36.5 Å². The smallest absolute Gasteiger partial charge is 0.231 e. The van der Waals surface area contributed by atoms with Crippen LogP contribution >= 0.6 is 15.9 Å². The number of hydrogen-bond acceptors (Lipinski definition) is 9. The summed E-state index contributed by atoms with van der Waals surface area (Å²) in [5.41, 5.74) is 1.56. The van der Waals surface area contributed by atoms with Gasteiger partial charge in [-0.3, -0.25) is 14.7 Å². The van der Waals surface area contributed by atoms with Gasteiger partial charge in [0.1, 0.15) is 10.4 Å². The molecule has 1 aliphatic carbocycles. The molecular formula is C23H32BrN9O2. The van der Waals surface area contributed by atoms with Crippen molar-refractivity contribution in [1.82, 2.24) is 34.8 Å². The number of aromatic nitrogens is 6. The summed E-state index contributed by atoms with van der Waals surface area (Å²) >= 11 is 3.56. The van der Waals surface area contributed by atoms with Crippen LogP contribution in [0.4, 0.5) is 17.5 Å². The van der Waals surface area contributed by atoms with E-state index in [0.29, 0.717) is 29.7 Å². The van der Waals surface area contributed by atoms with Gasteiger partial charge in [0.2, 0.25) is 5.95 Å². The Balaban J connectivity index is 1.15. The van der Waals surface area contributed by atoms with Gasteiger partial charge in [-0.05, 0) is 54.5 Å². The van der Waals surface area contributed by atoms with E-state index in [1.54, 1.807) is 0 Å². The van der Waals surface area contributed by atoms with E-state index >= 15 is 0 Å². The molecule has 0 atom stereocenters. The third kappa shape index (κ3) is 5.16. The Morgan fingerprint density at radius 1 is 0.943 bits per heavy atom. The fourth-order valence-electron chi connectivity index (χ4n) is 5.46. The maximum absolute atomic E-state index is 5.52. The van der Waals surface area contributed by atoms with Gasteiger partial charge in [-0.25, -0.2) is 0 Å². The molecule has 2 saturated heterocycles. The molecule has 35 heavy (non-hydrogen) atoms. The second-order valence-electron chi connectivity index (χ2n) is 9.61. The van der Waals surface area contributed by atoms with Crippen LogP contribution in [0.2, 0.25) is 0 Å². The van der Waals surface area contributed by atoms with E-state index in [-0.39, 0.29) is 0 Å². The minimum atomic E-state index is 0.371. The van der Waals surface area contributed by atoms with Crippen molar-refractivity contribution in [2.45, 2.75) is 56.7 Å². The zero-order valence-electron chi connectivity index (χ0n) is 19.7. The van der Waals surface area contributed by atoms with Gasteiger partial charge in [-0.15, -0.1) is 0 Å². The molecule has 12 heteroatoms. The van der Waals surface area contributed by atoms with Crippen LogP contribution in [0.25, 0.3) is 11.0 Å². The molecule has 3 fully saturated rings. The predicted octanol–water partition coefficient (Wildman–Crippen LogP) is 3.46. The molecule has 0 spiro atoms. The van der Waals surface area contributed by atoms with Crippen molar-refractivity contribution >= 4 is 44.4 Å². The van der Waals surface area contributed by atoms with Crippen molar-refractivity contribution in [3.8, 4) is 0 Å². The number of anilines is 3. The van der Waals surface area contributed by atoms with Gasteiger partial charge >= 0.3 is 0 Å². The van der Waals surface area contributed by atoms with Crippen LogP contribution < -0.4 is 10.6 Å². The second-order valence-corrected chi connectivity index (χ2v) is 10.4. The van der Waals surface area contributed by atoms with Gasteiger partial charge in [0.15, 0.2) is 5.65 Å². The van der Waals surface area contributed by atoms with E-state index in [2.05, 4.69) is 51.7 Å². The van der Waals surface area contributed by atoms with Crippen LogP contribution in [0, 0.1) is 0 Å². The maximum Gasteiger partial charge on any atom is 0.231 e. The standard InChI is InChI=1S/C23H32BrN9O2/c24-20-19-21(26-15-1-3-17(4-2-15)32-7-11-35-12-8-32)28-23(29-22(19)31-30-20)27-16-13-25-33(14-16)18-5-9-34-10-6-18/h13-15,17-18H,1-12H2,(H3,26,27,28,29,30,31).